The van der Waals surface area contributed by atoms with Crippen LogP contribution in [0.1, 0.15) is 17.2 Å². The molecular formula is C10H15F3N4. The van der Waals surface area contributed by atoms with E-state index in [1.54, 1.807) is 6.92 Å². The minimum absolute atomic E-state index is 0.472. The average Bonchev–Trinajstić information content (AvgIpc) is 2.62. The third-order valence-electron chi connectivity index (χ3n) is 2.84. The average molecular weight is 248 g/mol. The molecule has 0 aliphatic carbocycles. The van der Waals surface area contributed by atoms with Gasteiger partial charge in [0.05, 0.1) is 5.69 Å². The van der Waals surface area contributed by atoms with Crippen molar-refractivity contribution >= 4 is 0 Å². The highest BCUT2D eigenvalue weighted by molar-refractivity contribution is 5.14. The summed E-state index contributed by atoms with van der Waals surface area (Å²) in [7, 11) is 0. The van der Waals surface area contributed by atoms with E-state index in [-0.39, 0.29) is 0 Å². The van der Waals surface area contributed by atoms with Crippen molar-refractivity contribution in [1.82, 2.24) is 20.2 Å². The van der Waals surface area contributed by atoms with Crippen LogP contribution in [0.25, 0.3) is 0 Å². The fourth-order valence-corrected chi connectivity index (χ4v) is 1.87. The van der Waals surface area contributed by atoms with E-state index in [0.717, 1.165) is 26.2 Å². The highest BCUT2D eigenvalue weighted by atomic mass is 19.4. The lowest BCUT2D eigenvalue weighted by atomic mass is 10.3. The van der Waals surface area contributed by atoms with Gasteiger partial charge in [0.1, 0.15) is 0 Å². The molecule has 0 amide bonds. The van der Waals surface area contributed by atoms with Crippen LogP contribution in [0, 0.1) is 6.92 Å². The molecule has 0 atom stereocenters. The molecule has 96 valence electrons. The molecule has 2 rings (SSSR count). The van der Waals surface area contributed by atoms with E-state index >= 15 is 0 Å². The molecule has 2 heterocycles. The van der Waals surface area contributed by atoms with Crippen molar-refractivity contribution in [3.63, 3.8) is 0 Å². The second-order valence-electron chi connectivity index (χ2n) is 4.18. The summed E-state index contributed by atoms with van der Waals surface area (Å²) < 4.78 is 37.3. The normalized spacial score (nSPS) is 18.6. The molecule has 0 radical (unpaired) electrons. The Morgan fingerprint density at radius 2 is 1.94 bits per heavy atom. The van der Waals surface area contributed by atoms with Gasteiger partial charge in [0.25, 0.3) is 0 Å². The Hall–Kier alpha value is -1.08. The number of nitrogens with one attached hydrogen (secondary N) is 2. The van der Waals surface area contributed by atoms with Gasteiger partial charge < -0.3 is 10.3 Å². The highest BCUT2D eigenvalue weighted by Crippen LogP contribution is 2.27. The first-order valence-corrected chi connectivity index (χ1v) is 5.52. The molecule has 2 N–H and O–H groups in total. The summed E-state index contributed by atoms with van der Waals surface area (Å²) >= 11 is 0. The molecule has 1 saturated heterocycles. The Bertz CT molecular complexity index is 379. The molecule has 1 aliphatic heterocycles. The topological polar surface area (TPSA) is 44.0 Å². The smallest absolute Gasteiger partial charge is 0.338 e. The quantitative estimate of drug-likeness (QED) is 0.825. The van der Waals surface area contributed by atoms with Gasteiger partial charge >= 0.3 is 6.18 Å². The van der Waals surface area contributed by atoms with Gasteiger partial charge in [-0.15, -0.1) is 0 Å². The Morgan fingerprint density at radius 1 is 1.29 bits per heavy atom. The van der Waals surface area contributed by atoms with Crippen LogP contribution < -0.4 is 5.32 Å². The number of imidazole rings is 1. The van der Waals surface area contributed by atoms with E-state index in [9.17, 15) is 13.2 Å². The minimum Gasteiger partial charge on any atom is -0.338 e. The van der Waals surface area contributed by atoms with E-state index in [0.29, 0.717) is 17.9 Å². The maximum Gasteiger partial charge on any atom is 0.449 e. The molecule has 1 aromatic heterocycles. The minimum atomic E-state index is -4.40. The Kier molecular flexibility index (Phi) is 3.39. The summed E-state index contributed by atoms with van der Waals surface area (Å²) in [5.41, 5.74) is 0.982. The Labute approximate surface area is 97.2 Å². The summed E-state index contributed by atoms with van der Waals surface area (Å²) in [5, 5.41) is 3.19. The number of aromatic nitrogens is 2. The lowest BCUT2D eigenvalue weighted by Gasteiger charge is -2.26. The first-order valence-electron chi connectivity index (χ1n) is 5.52. The van der Waals surface area contributed by atoms with E-state index in [4.69, 9.17) is 0 Å². The van der Waals surface area contributed by atoms with Gasteiger partial charge in [0.2, 0.25) is 5.82 Å². The summed E-state index contributed by atoms with van der Waals surface area (Å²) in [5.74, 6) is -0.903. The zero-order chi connectivity index (χ0) is 12.5. The standard InChI is InChI=1S/C10H15F3N4/c1-7-8(6-17-4-2-14-3-5-17)16-9(15-7)10(11,12)13/h14H,2-6H2,1H3,(H,15,16). The largest absolute Gasteiger partial charge is 0.449 e. The van der Waals surface area contributed by atoms with Crippen LogP contribution in [0.5, 0.6) is 0 Å². The number of halogens is 3. The second-order valence-corrected chi connectivity index (χ2v) is 4.18. The first kappa shape index (κ1) is 12.4. The summed E-state index contributed by atoms with van der Waals surface area (Å²) in [4.78, 5) is 8.03. The van der Waals surface area contributed by atoms with Gasteiger partial charge in [-0.25, -0.2) is 4.98 Å². The monoisotopic (exact) mass is 248 g/mol. The predicted molar refractivity (Wildman–Crippen MR) is 56.5 cm³/mol. The van der Waals surface area contributed by atoms with Gasteiger partial charge in [-0.3, -0.25) is 4.90 Å². The molecule has 4 nitrogen and oxygen atoms in total. The van der Waals surface area contributed by atoms with Gasteiger partial charge in [-0.1, -0.05) is 0 Å². The molecule has 0 unspecified atom stereocenters. The number of rotatable bonds is 2. The van der Waals surface area contributed by atoms with Crippen molar-refractivity contribution in [2.45, 2.75) is 19.6 Å². The first-order chi connectivity index (χ1) is 7.97. The van der Waals surface area contributed by atoms with Crippen LogP contribution in [-0.4, -0.2) is 41.0 Å². The van der Waals surface area contributed by atoms with Crippen molar-refractivity contribution < 1.29 is 13.2 Å². The number of alkyl halides is 3. The van der Waals surface area contributed by atoms with Gasteiger partial charge in [-0.2, -0.15) is 13.2 Å². The van der Waals surface area contributed by atoms with Crippen LogP contribution in [0.4, 0.5) is 13.2 Å². The lowest BCUT2D eigenvalue weighted by Crippen LogP contribution is -2.43. The number of piperazine rings is 1. The summed E-state index contributed by atoms with van der Waals surface area (Å²) in [6.45, 7) is 5.52. The Morgan fingerprint density at radius 3 is 2.47 bits per heavy atom. The van der Waals surface area contributed by atoms with Gasteiger partial charge in [0, 0.05) is 38.4 Å². The maximum atomic E-state index is 12.4. The van der Waals surface area contributed by atoms with E-state index < -0.39 is 12.0 Å². The Balaban J connectivity index is 2.07. The molecule has 0 spiro atoms. The van der Waals surface area contributed by atoms with Gasteiger partial charge in [-0.05, 0) is 6.92 Å². The molecule has 0 aromatic carbocycles. The summed E-state index contributed by atoms with van der Waals surface area (Å²) in [6, 6.07) is 0. The number of hydrogen-bond donors (Lipinski definition) is 2. The fraction of sp³-hybridized carbons (Fsp3) is 0.700. The van der Waals surface area contributed by atoms with Crippen LogP contribution >= 0.6 is 0 Å². The molecule has 1 fully saturated rings. The number of hydrogen-bond acceptors (Lipinski definition) is 3. The maximum absolute atomic E-state index is 12.4. The van der Waals surface area contributed by atoms with E-state index in [1.807, 2.05) is 0 Å². The van der Waals surface area contributed by atoms with Crippen molar-refractivity contribution in [2.24, 2.45) is 0 Å². The molecule has 1 aromatic rings. The molecule has 0 saturated carbocycles. The lowest BCUT2D eigenvalue weighted by molar-refractivity contribution is -0.144. The number of aromatic amines is 1. The predicted octanol–water partition coefficient (Wildman–Crippen LogP) is 1.14. The van der Waals surface area contributed by atoms with Gasteiger partial charge in [0.15, 0.2) is 0 Å². The van der Waals surface area contributed by atoms with Crippen LogP contribution in [0.15, 0.2) is 0 Å². The molecule has 17 heavy (non-hydrogen) atoms. The van der Waals surface area contributed by atoms with Crippen molar-refractivity contribution in [1.29, 1.82) is 0 Å². The fourth-order valence-electron chi connectivity index (χ4n) is 1.87. The zero-order valence-electron chi connectivity index (χ0n) is 9.56. The van der Waals surface area contributed by atoms with Crippen LogP contribution in [0.3, 0.4) is 0 Å². The molecule has 7 heteroatoms. The van der Waals surface area contributed by atoms with Crippen molar-refractivity contribution in [3.8, 4) is 0 Å². The molecule has 0 bridgehead atoms. The molecular weight excluding hydrogens is 233 g/mol. The van der Waals surface area contributed by atoms with Crippen molar-refractivity contribution in [2.75, 3.05) is 26.2 Å². The molecule has 1 aliphatic rings. The number of aryl methyl sites for hydroxylation is 1. The number of H-pyrrole nitrogens is 1. The van der Waals surface area contributed by atoms with Crippen molar-refractivity contribution in [3.05, 3.63) is 17.2 Å². The van der Waals surface area contributed by atoms with Crippen LogP contribution in [0.2, 0.25) is 0 Å². The highest BCUT2D eigenvalue weighted by Gasteiger charge is 2.35. The third-order valence-corrected chi connectivity index (χ3v) is 2.84. The SMILES string of the molecule is Cc1[nH]c(C(F)(F)F)nc1CN1CCNCC1. The van der Waals surface area contributed by atoms with E-state index in [1.165, 1.54) is 0 Å². The number of nitrogens with zero attached hydrogens (tertiary/aromatic N) is 2. The zero-order valence-corrected chi connectivity index (χ0v) is 9.56. The third kappa shape index (κ3) is 2.98. The second kappa shape index (κ2) is 4.66. The van der Waals surface area contributed by atoms with E-state index in [2.05, 4.69) is 20.2 Å². The summed E-state index contributed by atoms with van der Waals surface area (Å²) in [6.07, 6.45) is -4.40. The van der Waals surface area contributed by atoms with Crippen LogP contribution in [-0.2, 0) is 12.7 Å².